The molecule has 98 heavy (non-hydrogen) atoms. The van der Waals surface area contributed by atoms with Crippen LogP contribution in [0.25, 0.3) is 0 Å². The molecule has 0 N–H and O–H groups in total. The third-order valence-corrected chi connectivity index (χ3v) is 13.8. The topological polar surface area (TPSA) is 334 Å². The molecule has 4 aromatic rings. The standard InChI is InChI=1S/C72H72O26/c1-41(33-91-61(77)15-13-45(5)73)69(81)95-37-47-21-51-29-52-22-48(38-96-70(82)42(2)34-92-62(78)16-14-46(6)74)24-54(66(52)88-10)31-56-26-50(40-98-72(84)44(4)36-94-64(80)20-18-60(76)86-8)28-58(68(56)90-12)32-57-27-49(25-55(67(57)89-11)30-53(23-47)65(51)87-9)39-97-71(83)43(3)35-93-63(79)19-17-59(75)85-7/h13-28H,1-4,29-40H2,5-12H3/b15-13-,16-14-,19-17-,20-18-. The van der Waals surface area contributed by atoms with E-state index in [-0.39, 0.29) is 61.2 Å². The number of ketones is 2. The van der Waals surface area contributed by atoms with E-state index in [1.165, 1.54) is 42.3 Å². The van der Waals surface area contributed by atoms with E-state index in [4.69, 9.17) is 56.8 Å². The largest absolute Gasteiger partial charge is 0.496 e. The second-order valence-electron chi connectivity index (χ2n) is 21.2. The molecule has 26 nitrogen and oxygen atoms in total. The number of esters is 10. The summed E-state index contributed by atoms with van der Waals surface area (Å²) in [6, 6.07) is 13.7. The molecular weight excluding hydrogens is 1280 g/mol. The van der Waals surface area contributed by atoms with Gasteiger partial charge in [0.1, 0.15) is 75.9 Å². The van der Waals surface area contributed by atoms with Gasteiger partial charge in [-0.15, -0.1) is 0 Å². The van der Waals surface area contributed by atoms with Crippen molar-refractivity contribution in [3.8, 4) is 23.0 Å². The van der Waals surface area contributed by atoms with Crippen molar-refractivity contribution < 1.29 is 124 Å². The Hall–Kier alpha value is -12.0. The van der Waals surface area contributed by atoms with Crippen LogP contribution in [0.1, 0.15) is 80.6 Å². The molecule has 0 heterocycles. The van der Waals surface area contributed by atoms with Gasteiger partial charge in [0.15, 0.2) is 11.6 Å². The predicted molar refractivity (Wildman–Crippen MR) is 345 cm³/mol. The number of fused-ring (bicyclic) bond motifs is 8. The van der Waals surface area contributed by atoms with Gasteiger partial charge >= 0.3 is 59.7 Å². The Bertz CT molecular complexity index is 3710. The molecule has 4 aromatic carbocycles. The predicted octanol–water partition coefficient (Wildman–Crippen LogP) is 6.72. The summed E-state index contributed by atoms with van der Waals surface area (Å²) in [5.74, 6) is -8.63. The van der Waals surface area contributed by atoms with E-state index in [9.17, 15) is 57.5 Å². The lowest BCUT2D eigenvalue weighted by Crippen LogP contribution is -2.15. The highest BCUT2D eigenvalue weighted by Gasteiger charge is 2.26. The molecule has 0 atom stereocenters. The van der Waals surface area contributed by atoms with Crippen LogP contribution in [0.5, 0.6) is 23.0 Å². The van der Waals surface area contributed by atoms with Gasteiger partial charge in [0, 0.05) is 62.1 Å². The molecule has 0 spiro atoms. The fourth-order valence-corrected chi connectivity index (χ4v) is 9.40. The first-order valence-electron chi connectivity index (χ1n) is 29.4. The van der Waals surface area contributed by atoms with Gasteiger partial charge in [-0.1, -0.05) is 26.3 Å². The van der Waals surface area contributed by atoms with Gasteiger partial charge in [-0.2, -0.15) is 0 Å². The summed E-state index contributed by atoms with van der Waals surface area (Å²) < 4.78 is 77.3. The first-order chi connectivity index (χ1) is 46.7. The minimum Gasteiger partial charge on any atom is -0.496 e. The van der Waals surface area contributed by atoms with Crippen LogP contribution >= 0.6 is 0 Å². The van der Waals surface area contributed by atoms with E-state index in [2.05, 4.69) is 35.8 Å². The van der Waals surface area contributed by atoms with Crippen LogP contribution in [0.2, 0.25) is 0 Å². The highest BCUT2D eigenvalue weighted by Crippen LogP contribution is 2.41. The maximum Gasteiger partial charge on any atom is 0.337 e. The Morgan fingerprint density at radius 1 is 0.296 bits per heavy atom. The van der Waals surface area contributed by atoms with E-state index < -0.39 is 111 Å². The van der Waals surface area contributed by atoms with Crippen LogP contribution in [0.4, 0.5) is 0 Å². The second kappa shape index (κ2) is 37.8. The van der Waals surface area contributed by atoms with Crippen LogP contribution < -0.4 is 18.9 Å². The van der Waals surface area contributed by atoms with Gasteiger partial charge in [0.25, 0.3) is 0 Å². The molecule has 516 valence electrons. The van der Waals surface area contributed by atoms with Crippen LogP contribution in [0.15, 0.2) is 146 Å². The van der Waals surface area contributed by atoms with Crippen molar-refractivity contribution >= 4 is 71.3 Å². The molecule has 0 fully saturated rings. The van der Waals surface area contributed by atoms with Gasteiger partial charge in [-0.25, -0.2) is 47.9 Å². The second-order valence-corrected chi connectivity index (χ2v) is 21.2. The summed E-state index contributed by atoms with van der Waals surface area (Å²) in [5, 5.41) is 0. The minimum atomic E-state index is -0.971. The summed E-state index contributed by atoms with van der Waals surface area (Å²) >= 11 is 0. The van der Waals surface area contributed by atoms with Gasteiger partial charge in [-0.3, -0.25) is 9.59 Å². The maximum atomic E-state index is 13.5. The summed E-state index contributed by atoms with van der Waals surface area (Å²) in [4.78, 5) is 149. The van der Waals surface area contributed by atoms with Crippen molar-refractivity contribution in [2.45, 2.75) is 66.0 Å². The number of hydrogen-bond acceptors (Lipinski definition) is 26. The fourth-order valence-electron chi connectivity index (χ4n) is 9.40. The first kappa shape index (κ1) is 76.7. The van der Waals surface area contributed by atoms with Crippen molar-refractivity contribution in [1.29, 1.82) is 0 Å². The lowest BCUT2D eigenvalue weighted by molar-refractivity contribution is -0.144. The molecule has 0 amide bonds. The summed E-state index contributed by atoms with van der Waals surface area (Å²) in [7, 11) is 8.02. The zero-order valence-corrected chi connectivity index (χ0v) is 55.2. The quantitative estimate of drug-likeness (QED) is 0.0245. The number of methoxy groups -OCH3 is 6. The molecule has 0 saturated carbocycles. The molecule has 1 aliphatic rings. The lowest BCUT2D eigenvalue weighted by Gasteiger charge is -2.23. The first-order valence-corrected chi connectivity index (χ1v) is 29.4. The summed E-state index contributed by atoms with van der Waals surface area (Å²) in [5.41, 5.74) is 4.53. The highest BCUT2D eigenvalue weighted by atomic mass is 16.6. The number of allylic oxidation sites excluding steroid dienone is 2. The van der Waals surface area contributed by atoms with E-state index in [1.54, 1.807) is 48.5 Å². The number of rotatable bonds is 32. The number of benzene rings is 4. The van der Waals surface area contributed by atoms with Crippen molar-refractivity contribution in [3.63, 3.8) is 0 Å². The van der Waals surface area contributed by atoms with Gasteiger partial charge < -0.3 is 66.3 Å². The average Bonchev–Trinajstić information content (AvgIpc) is 0.778. The molecule has 0 saturated heterocycles. The number of ether oxygens (including phenoxy) is 14. The highest BCUT2D eigenvalue weighted by molar-refractivity contribution is 5.97. The van der Waals surface area contributed by atoms with E-state index >= 15 is 0 Å². The van der Waals surface area contributed by atoms with Crippen molar-refractivity contribution in [2.24, 2.45) is 0 Å². The zero-order valence-electron chi connectivity index (χ0n) is 55.2. The number of carbonyl (C=O) groups excluding carboxylic acids is 12. The maximum absolute atomic E-state index is 13.5. The smallest absolute Gasteiger partial charge is 0.337 e. The Labute approximate surface area is 563 Å². The third kappa shape index (κ3) is 23.8. The summed E-state index contributed by atoms with van der Waals surface area (Å²) in [6.07, 6.45) is 7.02. The van der Waals surface area contributed by atoms with Gasteiger partial charge in [-0.05, 0) is 141 Å². The van der Waals surface area contributed by atoms with Crippen molar-refractivity contribution in [2.75, 3.05) is 69.1 Å². The number of hydrogen-bond donors (Lipinski definition) is 0. The Balaban J connectivity index is 1.72. The lowest BCUT2D eigenvalue weighted by atomic mass is 9.88. The Morgan fingerprint density at radius 2 is 0.480 bits per heavy atom. The average molecular weight is 1350 g/mol. The molecular formula is C72H72O26. The van der Waals surface area contributed by atoms with Crippen LogP contribution in [0.3, 0.4) is 0 Å². The van der Waals surface area contributed by atoms with E-state index in [1.807, 2.05) is 0 Å². The van der Waals surface area contributed by atoms with Crippen LogP contribution in [0, 0.1) is 0 Å². The van der Waals surface area contributed by atoms with Crippen molar-refractivity contribution in [3.05, 3.63) is 213 Å². The molecule has 5 rings (SSSR count). The third-order valence-electron chi connectivity index (χ3n) is 13.8. The van der Waals surface area contributed by atoms with Crippen LogP contribution in [-0.4, -0.2) is 140 Å². The van der Waals surface area contributed by atoms with Gasteiger partial charge in [0.05, 0.1) is 65.0 Å². The minimum absolute atomic E-state index is 0.0128. The molecule has 0 aromatic heterocycles. The molecule has 0 unspecified atom stereocenters. The van der Waals surface area contributed by atoms with Crippen molar-refractivity contribution in [1.82, 2.24) is 0 Å². The summed E-state index contributed by atoms with van der Waals surface area (Å²) in [6.45, 7) is 13.4. The Kier molecular flexibility index (Phi) is 29.6. The molecule has 1 aliphatic carbocycles. The van der Waals surface area contributed by atoms with Gasteiger partial charge in [0.2, 0.25) is 0 Å². The molecule has 0 aliphatic heterocycles. The zero-order chi connectivity index (χ0) is 72.2. The Morgan fingerprint density at radius 3 is 0.653 bits per heavy atom. The monoisotopic (exact) mass is 1350 g/mol. The molecule has 26 heteroatoms. The van der Waals surface area contributed by atoms with E-state index in [0.717, 1.165) is 62.8 Å². The number of carbonyl (C=O) groups is 12. The fraction of sp³-hybridized carbons (Fsp3) is 0.278. The van der Waals surface area contributed by atoms with Crippen LogP contribution in [-0.2, 0) is 157 Å². The SMILES string of the molecule is C=C(COC(=O)/C=C\C(C)=O)C(=O)OCc1cc2c(OC)c(c1)Cc1cc(COC(=O)C(=C)COC(=O)/C=C\C(=O)OC)cc(c1OC)Cc1cc(COC(=O)C(=C)COC(=O)/C=C\C(=O)OC)cc(c1OC)Cc1cc(COC(=O)C(=C)COC(=O)/C=C\C(C)=O)cc(c1OC)C2. The molecule has 8 bridgehead atoms. The normalized spacial score (nSPS) is 11.5. The molecule has 0 radical (unpaired) electrons. The van der Waals surface area contributed by atoms with E-state index in [0.29, 0.717) is 89.8 Å².